The van der Waals surface area contributed by atoms with E-state index in [1.807, 2.05) is 38.4 Å². The van der Waals surface area contributed by atoms with Gasteiger partial charge < -0.3 is 10.3 Å². The summed E-state index contributed by atoms with van der Waals surface area (Å²) in [5.41, 5.74) is 2.70. The van der Waals surface area contributed by atoms with Crippen molar-refractivity contribution in [3.05, 3.63) is 29.8 Å². The molecule has 2 radical (unpaired) electrons. The van der Waals surface area contributed by atoms with Crippen molar-refractivity contribution >= 4 is 19.0 Å². The number of hydrogen-bond donors (Lipinski definition) is 1. The minimum Gasteiger partial charge on any atom is -0.309 e. The maximum Gasteiger partial charge on any atom is 0.113 e. The molecule has 0 saturated carbocycles. The van der Waals surface area contributed by atoms with Crippen molar-refractivity contribution in [1.82, 2.24) is 4.90 Å². The van der Waals surface area contributed by atoms with Gasteiger partial charge in [0.15, 0.2) is 0 Å². The topological polar surface area (TPSA) is 27.1 Å². The zero-order chi connectivity index (χ0) is 12.1. The van der Waals surface area contributed by atoms with E-state index in [4.69, 9.17) is 13.3 Å². The van der Waals surface area contributed by atoms with Gasteiger partial charge in [-0.15, -0.1) is 0 Å². The summed E-state index contributed by atoms with van der Waals surface area (Å²) in [6.07, 6.45) is 1.54. The van der Waals surface area contributed by atoms with Crippen molar-refractivity contribution in [2.24, 2.45) is 0 Å². The lowest BCUT2D eigenvalue weighted by molar-refractivity contribution is 0.320. The molecular weight excluding hydrogens is 195 g/mol. The monoisotopic (exact) mass is 214 g/mol. The Labute approximate surface area is 99.6 Å². The molecule has 0 fully saturated rings. The molecule has 1 atom stereocenters. The molecule has 0 bridgehead atoms. The molecule has 2 nitrogen and oxygen atoms in total. The lowest BCUT2D eigenvalue weighted by Gasteiger charge is -2.19. The Morgan fingerprint density at radius 1 is 1.31 bits per heavy atom. The normalized spacial score (nSPS) is 12.8. The van der Waals surface area contributed by atoms with Crippen LogP contribution in [0.4, 0.5) is 0 Å². The highest BCUT2D eigenvalue weighted by Crippen LogP contribution is 2.05. The molecule has 0 spiro atoms. The first-order valence-electron chi connectivity index (χ1n) is 5.56. The molecule has 16 heavy (non-hydrogen) atoms. The Balaban J connectivity index is 2.48. The predicted molar refractivity (Wildman–Crippen MR) is 71.0 cm³/mol. The number of hydrogen-bond acceptors (Lipinski definition) is 2. The van der Waals surface area contributed by atoms with Crippen molar-refractivity contribution in [3.8, 4) is 0 Å². The lowest BCUT2D eigenvalue weighted by Crippen LogP contribution is -2.27. The van der Waals surface area contributed by atoms with E-state index in [9.17, 15) is 0 Å². The maximum atomic E-state index is 7.95. The van der Waals surface area contributed by atoms with Crippen molar-refractivity contribution < 1.29 is 0 Å². The van der Waals surface area contributed by atoms with E-state index in [0.29, 0.717) is 6.04 Å². The van der Waals surface area contributed by atoms with Gasteiger partial charge in [0, 0.05) is 24.6 Å². The number of rotatable bonds is 5. The molecule has 1 rings (SSSR count). The van der Waals surface area contributed by atoms with Crippen molar-refractivity contribution in [1.29, 1.82) is 5.41 Å². The Morgan fingerprint density at radius 2 is 1.88 bits per heavy atom. The second kappa shape index (κ2) is 5.85. The van der Waals surface area contributed by atoms with E-state index in [0.717, 1.165) is 29.6 Å². The molecule has 0 aromatic heterocycles. The van der Waals surface area contributed by atoms with E-state index >= 15 is 0 Å². The molecule has 0 aliphatic rings. The third-order valence-electron chi connectivity index (χ3n) is 2.82. The number of benzene rings is 1. The van der Waals surface area contributed by atoms with E-state index in [1.165, 1.54) is 0 Å². The van der Waals surface area contributed by atoms with Gasteiger partial charge >= 0.3 is 0 Å². The molecule has 3 heteroatoms. The second-order valence-corrected chi connectivity index (χ2v) is 4.54. The SMILES string of the molecule is [B]c1ccc(CC(=N)C[C@@H](C)N(C)C)cc1. The molecule has 0 heterocycles. The van der Waals surface area contributed by atoms with E-state index in [-0.39, 0.29) is 0 Å². The largest absolute Gasteiger partial charge is 0.309 e. The Hall–Kier alpha value is -1.09. The highest BCUT2D eigenvalue weighted by Gasteiger charge is 2.08. The fourth-order valence-corrected chi connectivity index (χ4v) is 1.49. The van der Waals surface area contributed by atoms with Crippen LogP contribution in [0.5, 0.6) is 0 Å². The van der Waals surface area contributed by atoms with Crippen LogP contribution in [-0.2, 0) is 6.42 Å². The van der Waals surface area contributed by atoms with Gasteiger partial charge in [-0.3, -0.25) is 0 Å². The van der Waals surface area contributed by atoms with Crippen LogP contribution in [0.25, 0.3) is 0 Å². The van der Waals surface area contributed by atoms with Crippen LogP contribution in [0.2, 0.25) is 0 Å². The smallest absolute Gasteiger partial charge is 0.113 e. The average Bonchev–Trinajstić information content (AvgIpc) is 2.21. The molecule has 0 aliphatic heterocycles. The van der Waals surface area contributed by atoms with Crippen LogP contribution in [0.15, 0.2) is 24.3 Å². The highest BCUT2D eigenvalue weighted by molar-refractivity contribution is 6.32. The van der Waals surface area contributed by atoms with Crippen molar-refractivity contribution in [3.63, 3.8) is 0 Å². The molecule has 0 aliphatic carbocycles. The Kier molecular flexibility index (Phi) is 4.75. The van der Waals surface area contributed by atoms with Crippen LogP contribution < -0.4 is 5.46 Å². The summed E-state index contributed by atoms with van der Waals surface area (Å²) in [5, 5.41) is 7.95. The van der Waals surface area contributed by atoms with E-state index < -0.39 is 0 Å². The number of nitrogens with one attached hydrogen (secondary N) is 1. The fraction of sp³-hybridized carbons (Fsp3) is 0.462. The molecule has 0 saturated heterocycles. The van der Waals surface area contributed by atoms with Gasteiger partial charge in [0.05, 0.1) is 0 Å². The first kappa shape index (κ1) is 13.0. The fourth-order valence-electron chi connectivity index (χ4n) is 1.49. The van der Waals surface area contributed by atoms with Gasteiger partial charge in [0.25, 0.3) is 0 Å². The molecule has 84 valence electrons. The quantitative estimate of drug-likeness (QED) is 0.581. The van der Waals surface area contributed by atoms with Gasteiger partial charge in [-0.1, -0.05) is 29.7 Å². The number of nitrogens with zero attached hydrogens (tertiary/aromatic N) is 1. The highest BCUT2D eigenvalue weighted by atomic mass is 15.1. The zero-order valence-corrected chi connectivity index (χ0v) is 10.3. The summed E-state index contributed by atoms with van der Waals surface area (Å²) in [5.74, 6) is 0. The molecular formula is C13H19BN2. The maximum absolute atomic E-state index is 7.95. The predicted octanol–water partition coefficient (Wildman–Crippen LogP) is 1.38. The van der Waals surface area contributed by atoms with Crippen molar-refractivity contribution in [2.75, 3.05) is 14.1 Å². The standard InChI is InChI=1S/C13H19BN2/c1-10(16(2)3)8-13(15)9-11-4-6-12(14)7-5-11/h4-7,10,15H,8-9H2,1-3H3/t10-/m1/s1. The van der Waals surface area contributed by atoms with Gasteiger partial charge in [-0.05, 0) is 26.6 Å². The average molecular weight is 214 g/mol. The summed E-state index contributed by atoms with van der Waals surface area (Å²) in [6.45, 7) is 2.14. The third-order valence-corrected chi connectivity index (χ3v) is 2.82. The zero-order valence-electron chi connectivity index (χ0n) is 10.3. The third kappa shape index (κ3) is 4.19. The van der Waals surface area contributed by atoms with Crippen LogP contribution in [0.3, 0.4) is 0 Å². The molecule has 0 amide bonds. The summed E-state index contributed by atoms with van der Waals surface area (Å²) in [7, 11) is 9.70. The Bertz CT molecular complexity index is 343. The lowest BCUT2D eigenvalue weighted by atomic mass is 9.94. The van der Waals surface area contributed by atoms with Gasteiger partial charge in [-0.2, -0.15) is 0 Å². The first-order chi connectivity index (χ1) is 7.49. The first-order valence-corrected chi connectivity index (χ1v) is 5.56. The van der Waals surface area contributed by atoms with Crippen molar-refractivity contribution in [2.45, 2.75) is 25.8 Å². The van der Waals surface area contributed by atoms with Crippen LogP contribution in [0.1, 0.15) is 18.9 Å². The van der Waals surface area contributed by atoms with E-state index in [2.05, 4.69) is 11.8 Å². The van der Waals surface area contributed by atoms with Gasteiger partial charge in [0.2, 0.25) is 0 Å². The van der Waals surface area contributed by atoms with Crippen LogP contribution in [0, 0.1) is 5.41 Å². The second-order valence-electron chi connectivity index (χ2n) is 4.54. The summed E-state index contributed by atoms with van der Waals surface area (Å²) in [6, 6.07) is 8.17. The minimum atomic E-state index is 0.418. The minimum absolute atomic E-state index is 0.418. The molecule has 1 N–H and O–H groups in total. The molecule has 1 aromatic carbocycles. The van der Waals surface area contributed by atoms with Crippen LogP contribution >= 0.6 is 0 Å². The summed E-state index contributed by atoms with van der Waals surface area (Å²) in [4.78, 5) is 2.14. The summed E-state index contributed by atoms with van der Waals surface area (Å²) < 4.78 is 0. The van der Waals surface area contributed by atoms with E-state index in [1.54, 1.807) is 0 Å². The summed E-state index contributed by atoms with van der Waals surface area (Å²) >= 11 is 0. The Morgan fingerprint density at radius 3 is 2.38 bits per heavy atom. The molecule has 0 unspecified atom stereocenters. The van der Waals surface area contributed by atoms with Gasteiger partial charge in [-0.25, -0.2) is 0 Å². The van der Waals surface area contributed by atoms with Crippen LogP contribution in [-0.4, -0.2) is 38.6 Å². The molecule has 1 aromatic rings. The van der Waals surface area contributed by atoms with Gasteiger partial charge in [0.1, 0.15) is 7.85 Å².